The fourth-order valence-electron chi connectivity index (χ4n) is 3.48. The van der Waals surface area contributed by atoms with E-state index >= 15 is 0 Å². The van der Waals surface area contributed by atoms with Gasteiger partial charge in [-0.2, -0.15) is 0 Å². The zero-order chi connectivity index (χ0) is 15.8. The number of rotatable bonds is 3. The zero-order valence-corrected chi connectivity index (χ0v) is 12.4. The molecule has 112 valence electrons. The van der Waals surface area contributed by atoms with Gasteiger partial charge in [0.05, 0.1) is 17.4 Å². The summed E-state index contributed by atoms with van der Waals surface area (Å²) in [6.07, 6.45) is 2.95. The number of hydrogen-bond donors (Lipinski definition) is 1. The van der Waals surface area contributed by atoms with E-state index in [9.17, 15) is 19.5 Å². The van der Waals surface area contributed by atoms with Crippen LogP contribution in [0.15, 0.2) is 24.5 Å². The summed E-state index contributed by atoms with van der Waals surface area (Å²) in [5, 5.41) is 10.5. The third kappa shape index (κ3) is 2.78. The van der Waals surface area contributed by atoms with Gasteiger partial charge in [-0.25, -0.2) is 0 Å². The molecule has 1 saturated carbocycles. The van der Waals surface area contributed by atoms with Gasteiger partial charge in [-0.15, -0.1) is 0 Å². The average molecular weight is 289 g/mol. The molecule has 2 rings (SSSR count). The van der Waals surface area contributed by atoms with Crippen LogP contribution in [-0.2, 0) is 14.4 Å². The zero-order valence-electron chi connectivity index (χ0n) is 12.4. The lowest BCUT2D eigenvalue weighted by atomic mass is 9.60. The van der Waals surface area contributed by atoms with Crippen LogP contribution in [0.25, 0.3) is 0 Å². The first-order valence-electron chi connectivity index (χ1n) is 6.91. The van der Waals surface area contributed by atoms with Crippen molar-refractivity contribution in [1.82, 2.24) is 4.98 Å². The summed E-state index contributed by atoms with van der Waals surface area (Å²) in [5.74, 6) is -3.19. The summed E-state index contributed by atoms with van der Waals surface area (Å²) in [7, 11) is 0. The molecule has 1 aliphatic rings. The van der Waals surface area contributed by atoms with Gasteiger partial charge in [0, 0.05) is 24.7 Å². The highest BCUT2D eigenvalue weighted by Crippen LogP contribution is 2.46. The molecule has 1 aliphatic carbocycles. The third-order valence-corrected chi connectivity index (χ3v) is 4.21. The summed E-state index contributed by atoms with van der Waals surface area (Å²) in [6.45, 7) is 4.22. The van der Waals surface area contributed by atoms with Gasteiger partial charge in [-0.05, 0) is 32.4 Å². The van der Waals surface area contributed by atoms with E-state index in [4.69, 9.17) is 0 Å². The predicted octanol–water partition coefficient (Wildman–Crippen LogP) is 1.30. The number of ketones is 3. The van der Waals surface area contributed by atoms with Crippen molar-refractivity contribution in [1.29, 1.82) is 0 Å². The van der Waals surface area contributed by atoms with Crippen molar-refractivity contribution >= 4 is 17.3 Å². The maximum atomic E-state index is 12.3. The summed E-state index contributed by atoms with van der Waals surface area (Å²) in [5.41, 5.74) is -0.818. The highest BCUT2D eigenvalue weighted by Gasteiger charge is 2.53. The molecule has 0 aromatic carbocycles. The highest BCUT2D eigenvalue weighted by molar-refractivity contribution is 6.05. The Bertz CT molecular complexity index is 579. The van der Waals surface area contributed by atoms with Crippen molar-refractivity contribution in [3.63, 3.8) is 0 Å². The van der Waals surface area contributed by atoms with Crippen molar-refractivity contribution in [2.24, 2.45) is 11.8 Å². The van der Waals surface area contributed by atoms with Crippen molar-refractivity contribution in [2.75, 3.05) is 0 Å². The Kier molecular flexibility index (Phi) is 4.05. The molecule has 21 heavy (non-hydrogen) atoms. The monoisotopic (exact) mass is 289 g/mol. The van der Waals surface area contributed by atoms with E-state index in [0.29, 0.717) is 5.56 Å². The van der Waals surface area contributed by atoms with Crippen molar-refractivity contribution in [3.8, 4) is 0 Å². The normalized spacial score (nSPS) is 32.8. The van der Waals surface area contributed by atoms with Crippen molar-refractivity contribution < 1.29 is 19.5 Å². The number of Topliss-reactive ketones (excluding diaryl/α,β-unsaturated/α-hetero) is 3. The Balaban J connectivity index is 2.61. The Morgan fingerprint density at radius 2 is 2.00 bits per heavy atom. The molecule has 0 radical (unpaired) electrons. The number of pyridine rings is 1. The van der Waals surface area contributed by atoms with Crippen LogP contribution in [0.4, 0.5) is 0 Å². The van der Waals surface area contributed by atoms with Crippen LogP contribution in [0.5, 0.6) is 0 Å². The second-order valence-corrected chi connectivity index (χ2v) is 5.99. The Morgan fingerprint density at radius 1 is 1.33 bits per heavy atom. The van der Waals surface area contributed by atoms with Gasteiger partial charge in [0.15, 0.2) is 0 Å². The summed E-state index contributed by atoms with van der Waals surface area (Å²) in [6, 6.07) is 3.43. The largest absolute Gasteiger partial charge is 0.389 e. The predicted molar refractivity (Wildman–Crippen MR) is 75.6 cm³/mol. The first kappa shape index (κ1) is 15.5. The standard InChI is InChI=1S/C16H19NO4/c1-9(18)13-12(20)7-16(3,21)15(10(2)19)14(13)11-5-4-6-17-8-11/h4-6,8,13-15,21H,7H2,1-3H3/t13-,14-,15+,16+/m1/s1. The highest BCUT2D eigenvalue weighted by atomic mass is 16.3. The molecule has 5 nitrogen and oxygen atoms in total. The van der Waals surface area contributed by atoms with Crippen LogP contribution in [0.2, 0.25) is 0 Å². The van der Waals surface area contributed by atoms with Gasteiger partial charge < -0.3 is 5.11 Å². The van der Waals surface area contributed by atoms with Gasteiger partial charge in [0.25, 0.3) is 0 Å². The molecule has 0 aliphatic heterocycles. The molecule has 5 heteroatoms. The Hall–Kier alpha value is -1.88. The molecule has 1 N–H and O–H groups in total. The van der Waals surface area contributed by atoms with E-state index in [1.807, 2.05) is 0 Å². The molecule has 1 heterocycles. The van der Waals surface area contributed by atoms with Crippen LogP contribution in [0.1, 0.15) is 38.7 Å². The number of carbonyl (C=O) groups is 3. The Labute approximate surface area is 123 Å². The SMILES string of the molecule is CC(=O)[C@@H]1C(=O)C[C@](C)(O)[C@@H](C(C)=O)[C@@H]1c1cccnc1. The van der Waals surface area contributed by atoms with E-state index in [2.05, 4.69) is 4.98 Å². The lowest BCUT2D eigenvalue weighted by Gasteiger charge is -2.44. The van der Waals surface area contributed by atoms with E-state index in [0.717, 1.165) is 0 Å². The number of carbonyl (C=O) groups excluding carboxylic acids is 3. The summed E-state index contributed by atoms with van der Waals surface area (Å²) >= 11 is 0. The molecule has 1 aromatic rings. The molecule has 0 saturated heterocycles. The number of aromatic nitrogens is 1. The average Bonchev–Trinajstić information content (AvgIpc) is 2.36. The third-order valence-electron chi connectivity index (χ3n) is 4.21. The van der Waals surface area contributed by atoms with E-state index in [1.165, 1.54) is 20.8 Å². The minimum atomic E-state index is -1.45. The minimum Gasteiger partial charge on any atom is -0.389 e. The number of hydrogen-bond acceptors (Lipinski definition) is 5. The molecule has 4 atom stereocenters. The molecular weight excluding hydrogens is 270 g/mol. The molecular formula is C16H19NO4. The lowest BCUT2D eigenvalue weighted by Crippen LogP contribution is -2.53. The van der Waals surface area contributed by atoms with E-state index < -0.39 is 23.4 Å². The fourth-order valence-corrected chi connectivity index (χ4v) is 3.48. The molecule has 0 unspecified atom stereocenters. The number of nitrogens with zero attached hydrogens (tertiary/aromatic N) is 1. The van der Waals surface area contributed by atoms with Crippen molar-refractivity contribution in [2.45, 2.75) is 38.7 Å². The van der Waals surface area contributed by atoms with Gasteiger partial charge in [-0.1, -0.05) is 6.07 Å². The molecule has 0 bridgehead atoms. The van der Waals surface area contributed by atoms with Crippen LogP contribution >= 0.6 is 0 Å². The quantitative estimate of drug-likeness (QED) is 0.848. The topological polar surface area (TPSA) is 84.3 Å². The maximum absolute atomic E-state index is 12.3. The molecule has 1 fully saturated rings. The molecule has 0 amide bonds. The maximum Gasteiger partial charge on any atom is 0.146 e. The van der Waals surface area contributed by atoms with Gasteiger partial charge in [-0.3, -0.25) is 19.4 Å². The molecule has 1 aromatic heterocycles. The lowest BCUT2D eigenvalue weighted by molar-refractivity contribution is -0.151. The second-order valence-electron chi connectivity index (χ2n) is 5.99. The summed E-state index contributed by atoms with van der Waals surface area (Å²) in [4.78, 5) is 40.3. The van der Waals surface area contributed by atoms with Crippen LogP contribution in [0, 0.1) is 11.8 Å². The Morgan fingerprint density at radius 3 is 2.48 bits per heavy atom. The smallest absolute Gasteiger partial charge is 0.146 e. The van der Waals surface area contributed by atoms with E-state index in [1.54, 1.807) is 24.5 Å². The fraction of sp³-hybridized carbons (Fsp3) is 0.500. The second kappa shape index (κ2) is 5.48. The van der Waals surface area contributed by atoms with Crippen LogP contribution < -0.4 is 0 Å². The first-order valence-corrected chi connectivity index (χ1v) is 6.91. The number of aliphatic hydroxyl groups is 1. The first-order chi connectivity index (χ1) is 9.75. The van der Waals surface area contributed by atoms with Crippen molar-refractivity contribution in [3.05, 3.63) is 30.1 Å². The molecule has 0 spiro atoms. The van der Waals surface area contributed by atoms with Gasteiger partial charge in [0.2, 0.25) is 0 Å². The summed E-state index contributed by atoms with van der Waals surface area (Å²) < 4.78 is 0. The van der Waals surface area contributed by atoms with Crippen LogP contribution in [0.3, 0.4) is 0 Å². The minimum absolute atomic E-state index is 0.182. The van der Waals surface area contributed by atoms with Gasteiger partial charge >= 0.3 is 0 Å². The van der Waals surface area contributed by atoms with Gasteiger partial charge in [0.1, 0.15) is 17.3 Å². The van der Waals surface area contributed by atoms with Crippen LogP contribution in [-0.4, -0.2) is 33.0 Å². The van der Waals surface area contributed by atoms with E-state index in [-0.39, 0.29) is 23.8 Å².